The van der Waals surface area contributed by atoms with Crippen LogP contribution < -0.4 is 5.73 Å². The predicted octanol–water partition coefficient (Wildman–Crippen LogP) is 2.58. The predicted molar refractivity (Wildman–Crippen MR) is 72.5 cm³/mol. The van der Waals surface area contributed by atoms with E-state index in [1.54, 1.807) is 0 Å². The SMILES string of the molecule is Cc1cccc(C(N)COCC2CCCCO2)c1. The molecule has 0 saturated carbocycles. The van der Waals surface area contributed by atoms with Crippen molar-refractivity contribution in [3.8, 4) is 0 Å². The van der Waals surface area contributed by atoms with Crippen molar-refractivity contribution in [2.24, 2.45) is 5.73 Å². The molecule has 2 atom stereocenters. The Bertz CT molecular complexity index is 361. The van der Waals surface area contributed by atoms with Gasteiger partial charge in [-0.25, -0.2) is 0 Å². The van der Waals surface area contributed by atoms with Crippen LogP contribution in [0.3, 0.4) is 0 Å². The molecule has 1 aromatic rings. The van der Waals surface area contributed by atoms with Gasteiger partial charge in [-0.2, -0.15) is 0 Å². The molecule has 0 amide bonds. The third-order valence-corrected chi connectivity index (χ3v) is 3.35. The minimum atomic E-state index is -0.0477. The number of aryl methyl sites for hydroxylation is 1. The Hall–Kier alpha value is -0.900. The van der Waals surface area contributed by atoms with Gasteiger partial charge >= 0.3 is 0 Å². The lowest BCUT2D eigenvalue weighted by Gasteiger charge is -2.23. The quantitative estimate of drug-likeness (QED) is 0.872. The van der Waals surface area contributed by atoms with Gasteiger partial charge < -0.3 is 15.2 Å². The van der Waals surface area contributed by atoms with Gasteiger partial charge in [-0.1, -0.05) is 29.8 Å². The molecular weight excluding hydrogens is 226 g/mol. The summed E-state index contributed by atoms with van der Waals surface area (Å²) in [6.07, 6.45) is 3.81. The van der Waals surface area contributed by atoms with E-state index in [9.17, 15) is 0 Å². The van der Waals surface area contributed by atoms with E-state index >= 15 is 0 Å². The number of benzene rings is 1. The van der Waals surface area contributed by atoms with Crippen LogP contribution in [0, 0.1) is 6.92 Å². The second-order valence-electron chi connectivity index (χ2n) is 5.05. The first-order valence-electron chi connectivity index (χ1n) is 6.77. The minimum absolute atomic E-state index is 0.0477. The van der Waals surface area contributed by atoms with Gasteiger partial charge in [-0.3, -0.25) is 0 Å². The van der Waals surface area contributed by atoms with Gasteiger partial charge in [-0.05, 0) is 31.7 Å². The maximum Gasteiger partial charge on any atom is 0.0808 e. The van der Waals surface area contributed by atoms with Crippen LogP contribution in [-0.4, -0.2) is 25.9 Å². The van der Waals surface area contributed by atoms with Crippen molar-refractivity contribution >= 4 is 0 Å². The first-order valence-corrected chi connectivity index (χ1v) is 6.77. The zero-order chi connectivity index (χ0) is 12.8. The fourth-order valence-corrected chi connectivity index (χ4v) is 2.26. The molecule has 2 N–H and O–H groups in total. The Morgan fingerprint density at radius 1 is 1.44 bits per heavy atom. The molecule has 0 radical (unpaired) electrons. The standard InChI is InChI=1S/C15H23NO2/c1-12-5-4-6-13(9-12)15(16)11-17-10-14-7-2-3-8-18-14/h4-6,9,14-15H,2-3,7-8,10-11,16H2,1H3. The summed E-state index contributed by atoms with van der Waals surface area (Å²) in [5.41, 5.74) is 8.49. The molecule has 0 aromatic heterocycles. The second-order valence-corrected chi connectivity index (χ2v) is 5.05. The molecule has 1 heterocycles. The Morgan fingerprint density at radius 2 is 2.33 bits per heavy atom. The van der Waals surface area contributed by atoms with E-state index in [1.807, 2.05) is 6.07 Å². The smallest absolute Gasteiger partial charge is 0.0808 e. The highest BCUT2D eigenvalue weighted by Crippen LogP contribution is 2.15. The van der Waals surface area contributed by atoms with Crippen LogP contribution in [0.4, 0.5) is 0 Å². The van der Waals surface area contributed by atoms with Crippen molar-refractivity contribution < 1.29 is 9.47 Å². The van der Waals surface area contributed by atoms with Crippen LogP contribution in [-0.2, 0) is 9.47 Å². The summed E-state index contributed by atoms with van der Waals surface area (Å²) < 4.78 is 11.3. The zero-order valence-corrected chi connectivity index (χ0v) is 11.1. The molecule has 1 aromatic carbocycles. The highest BCUT2D eigenvalue weighted by atomic mass is 16.5. The van der Waals surface area contributed by atoms with Crippen molar-refractivity contribution in [3.05, 3.63) is 35.4 Å². The molecule has 1 aliphatic rings. The van der Waals surface area contributed by atoms with E-state index in [-0.39, 0.29) is 12.1 Å². The molecule has 1 fully saturated rings. The van der Waals surface area contributed by atoms with Crippen LogP contribution in [0.15, 0.2) is 24.3 Å². The number of rotatable bonds is 5. The van der Waals surface area contributed by atoms with Crippen LogP contribution >= 0.6 is 0 Å². The molecule has 0 aliphatic carbocycles. The van der Waals surface area contributed by atoms with E-state index < -0.39 is 0 Å². The van der Waals surface area contributed by atoms with Crippen LogP contribution in [0.25, 0.3) is 0 Å². The summed E-state index contributed by atoms with van der Waals surface area (Å²) in [6, 6.07) is 8.24. The lowest BCUT2D eigenvalue weighted by Crippen LogP contribution is -2.26. The third kappa shape index (κ3) is 4.09. The Kier molecular flexibility index (Phi) is 5.17. The first kappa shape index (κ1) is 13.5. The van der Waals surface area contributed by atoms with E-state index in [0.717, 1.165) is 18.6 Å². The number of ether oxygens (including phenoxy) is 2. The highest BCUT2D eigenvalue weighted by molar-refractivity contribution is 5.24. The molecule has 3 heteroatoms. The van der Waals surface area contributed by atoms with Gasteiger partial charge in [0.05, 0.1) is 25.4 Å². The molecule has 3 nitrogen and oxygen atoms in total. The van der Waals surface area contributed by atoms with Gasteiger partial charge in [0, 0.05) is 6.61 Å². The summed E-state index contributed by atoms with van der Waals surface area (Å²) >= 11 is 0. The normalized spacial score (nSPS) is 21.8. The van der Waals surface area contributed by atoms with E-state index in [4.69, 9.17) is 15.2 Å². The maximum atomic E-state index is 6.11. The topological polar surface area (TPSA) is 44.5 Å². The largest absolute Gasteiger partial charge is 0.377 e. The fraction of sp³-hybridized carbons (Fsp3) is 0.600. The van der Waals surface area contributed by atoms with E-state index in [0.29, 0.717) is 13.2 Å². The molecule has 2 rings (SSSR count). The minimum Gasteiger partial charge on any atom is -0.377 e. The molecule has 1 aliphatic heterocycles. The summed E-state index contributed by atoms with van der Waals surface area (Å²) in [5, 5.41) is 0. The average molecular weight is 249 g/mol. The summed E-state index contributed by atoms with van der Waals surface area (Å²) in [7, 11) is 0. The molecule has 100 valence electrons. The first-order chi connectivity index (χ1) is 8.75. The molecular formula is C15H23NO2. The molecule has 2 unspecified atom stereocenters. The molecule has 18 heavy (non-hydrogen) atoms. The van der Waals surface area contributed by atoms with Gasteiger partial charge in [0.15, 0.2) is 0 Å². The average Bonchev–Trinajstić information content (AvgIpc) is 2.40. The molecule has 0 bridgehead atoms. The van der Waals surface area contributed by atoms with Crippen LogP contribution in [0.2, 0.25) is 0 Å². The Labute approximate surface area is 109 Å². The van der Waals surface area contributed by atoms with Crippen molar-refractivity contribution in [1.29, 1.82) is 0 Å². The second kappa shape index (κ2) is 6.88. The van der Waals surface area contributed by atoms with Crippen molar-refractivity contribution in [2.45, 2.75) is 38.3 Å². The molecule has 0 spiro atoms. The summed E-state index contributed by atoms with van der Waals surface area (Å²) in [6.45, 7) is 4.17. The fourth-order valence-electron chi connectivity index (χ4n) is 2.26. The summed E-state index contributed by atoms with van der Waals surface area (Å²) in [5.74, 6) is 0. The van der Waals surface area contributed by atoms with Crippen LogP contribution in [0.5, 0.6) is 0 Å². The Balaban J connectivity index is 1.72. The monoisotopic (exact) mass is 249 g/mol. The zero-order valence-electron chi connectivity index (χ0n) is 11.1. The highest BCUT2D eigenvalue weighted by Gasteiger charge is 2.14. The molecule has 1 saturated heterocycles. The van der Waals surface area contributed by atoms with Crippen molar-refractivity contribution in [1.82, 2.24) is 0 Å². The van der Waals surface area contributed by atoms with Gasteiger partial charge in [-0.15, -0.1) is 0 Å². The lowest BCUT2D eigenvalue weighted by molar-refractivity contribution is -0.0428. The van der Waals surface area contributed by atoms with Crippen molar-refractivity contribution in [3.63, 3.8) is 0 Å². The van der Waals surface area contributed by atoms with Gasteiger partial charge in [0.2, 0.25) is 0 Å². The van der Waals surface area contributed by atoms with E-state index in [2.05, 4.69) is 25.1 Å². The third-order valence-electron chi connectivity index (χ3n) is 3.35. The number of hydrogen-bond donors (Lipinski definition) is 1. The van der Waals surface area contributed by atoms with E-state index in [1.165, 1.54) is 18.4 Å². The number of hydrogen-bond acceptors (Lipinski definition) is 3. The summed E-state index contributed by atoms with van der Waals surface area (Å²) in [4.78, 5) is 0. The number of nitrogens with two attached hydrogens (primary N) is 1. The lowest BCUT2D eigenvalue weighted by atomic mass is 10.1. The maximum absolute atomic E-state index is 6.11. The Morgan fingerprint density at radius 3 is 3.06 bits per heavy atom. The van der Waals surface area contributed by atoms with Gasteiger partial charge in [0.1, 0.15) is 0 Å². The van der Waals surface area contributed by atoms with Crippen LogP contribution in [0.1, 0.15) is 36.4 Å². The van der Waals surface area contributed by atoms with Crippen molar-refractivity contribution in [2.75, 3.05) is 19.8 Å². The van der Waals surface area contributed by atoms with Gasteiger partial charge in [0.25, 0.3) is 0 Å².